The minimum atomic E-state index is -0.0274. The monoisotopic (exact) mass is 428 g/mol. The molecular weight excluding hydrogens is 396 g/mol. The second-order valence-electron chi connectivity index (χ2n) is 9.47. The minimum absolute atomic E-state index is 0.0131. The summed E-state index contributed by atoms with van der Waals surface area (Å²) < 4.78 is 18.3. The Hall–Kier alpha value is -2.77. The van der Waals surface area contributed by atoms with Gasteiger partial charge in [-0.1, -0.05) is 26.0 Å². The first-order valence-corrected chi connectivity index (χ1v) is 10.8. The molecule has 0 spiro atoms. The van der Waals surface area contributed by atoms with Gasteiger partial charge in [-0.25, -0.2) is 4.68 Å². The zero-order valence-corrected chi connectivity index (χ0v) is 19.2. The van der Waals surface area contributed by atoms with Gasteiger partial charge in [-0.2, -0.15) is 0 Å². The lowest BCUT2D eigenvalue weighted by molar-refractivity contribution is 0.0522. The van der Waals surface area contributed by atoms with Crippen LogP contribution in [0.15, 0.2) is 18.3 Å². The maximum Gasteiger partial charge on any atom is 0.254 e. The summed E-state index contributed by atoms with van der Waals surface area (Å²) in [6, 6.07) is 4.13. The number of benzene rings is 1. The standard InChI is InChI=1S/C23H32N4O4/c1-23(2,3)20-13-26(25-24-20)17-11-15-7-8-16(12-17)27(15)22(28)14-9-18(29-4)21(31-6)19(10-14)30-5/h9-10,13,15-17H,7-8,11-12H2,1-6H3. The molecule has 0 aliphatic carbocycles. The van der Waals surface area contributed by atoms with Crippen molar-refractivity contribution in [1.29, 1.82) is 0 Å². The van der Waals surface area contributed by atoms with E-state index in [-0.39, 0.29) is 29.4 Å². The van der Waals surface area contributed by atoms with Crippen molar-refractivity contribution in [1.82, 2.24) is 19.9 Å². The summed E-state index contributed by atoms with van der Waals surface area (Å²) in [7, 11) is 4.68. The molecule has 8 heteroatoms. The Balaban J connectivity index is 1.56. The van der Waals surface area contributed by atoms with Crippen molar-refractivity contribution < 1.29 is 19.0 Å². The van der Waals surface area contributed by atoms with Gasteiger partial charge in [0.25, 0.3) is 5.91 Å². The first-order chi connectivity index (χ1) is 14.8. The van der Waals surface area contributed by atoms with Crippen molar-refractivity contribution in [3.8, 4) is 17.2 Å². The van der Waals surface area contributed by atoms with E-state index < -0.39 is 0 Å². The number of amides is 1. The number of aromatic nitrogens is 3. The predicted octanol–water partition coefficient (Wildman–Crippen LogP) is 3.61. The van der Waals surface area contributed by atoms with Crippen molar-refractivity contribution in [3.05, 3.63) is 29.6 Å². The molecule has 31 heavy (non-hydrogen) atoms. The number of ether oxygens (including phenoxy) is 3. The number of methoxy groups -OCH3 is 3. The van der Waals surface area contributed by atoms with Crippen LogP contribution in [0.3, 0.4) is 0 Å². The average Bonchev–Trinajstić information content (AvgIpc) is 3.35. The molecule has 2 aromatic rings. The maximum atomic E-state index is 13.5. The number of carbonyl (C=O) groups is 1. The van der Waals surface area contributed by atoms with Crippen LogP contribution in [-0.4, -0.2) is 59.2 Å². The highest BCUT2D eigenvalue weighted by atomic mass is 16.5. The molecule has 2 saturated heterocycles. The molecule has 2 aliphatic heterocycles. The van der Waals surface area contributed by atoms with E-state index in [0.717, 1.165) is 31.4 Å². The van der Waals surface area contributed by atoms with Gasteiger partial charge >= 0.3 is 0 Å². The number of hydrogen-bond donors (Lipinski definition) is 0. The Morgan fingerprint density at radius 3 is 2.00 bits per heavy atom. The van der Waals surface area contributed by atoms with Gasteiger partial charge in [-0.3, -0.25) is 4.79 Å². The third-order valence-corrected chi connectivity index (χ3v) is 6.51. The van der Waals surface area contributed by atoms with Crippen LogP contribution in [0.4, 0.5) is 0 Å². The Kier molecular flexibility index (Phi) is 5.58. The summed E-state index contributed by atoms with van der Waals surface area (Å²) in [5, 5.41) is 8.79. The lowest BCUT2D eigenvalue weighted by Gasteiger charge is -2.39. The molecule has 3 heterocycles. The van der Waals surface area contributed by atoms with E-state index in [9.17, 15) is 4.79 Å². The second-order valence-corrected chi connectivity index (χ2v) is 9.47. The Morgan fingerprint density at radius 2 is 1.55 bits per heavy atom. The van der Waals surface area contributed by atoms with Gasteiger partial charge < -0.3 is 19.1 Å². The number of piperidine rings is 1. The molecule has 0 saturated carbocycles. The van der Waals surface area contributed by atoms with E-state index in [4.69, 9.17) is 14.2 Å². The normalized spacial score (nSPS) is 23.0. The summed E-state index contributed by atoms with van der Waals surface area (Å²) in [6.45, 7) is 6.43. The van der Waals surface area contributed by atoms with Crippen molar-refractivity contribution in [2.24, 2.45) is 0 Å². The first-order valence-electron chi connectivity index (χ1n) is 10.8. The van der Waals surface area contributed by atoms with Crippen molar-refractivity contribution in [3.63, 3.8) is 0 Å². The van der Waals surface area contributed by atoms with Crippen molar-refractivity contribution >= 4 is 5.91 Å². The second kappa shape index (κ2) is 8.05. The SMILES string of the molecule is COc1cc(C(=O)N2C3CCC2CC(n2cc(C(C)(C)C)nn2)C3)cc(OC)c1OC. The third-order valence-electron chi connectivity index (χ3n) is 6.51. The van der Waals surface area contributed by atoms with Crippen LogP contribution in [0.2, 0.25) is 0 Å². The Morgan fingerprint density at radius 1 is 0.968 bits per heavy atom. The number of fused-ring (bicyclic) bond motifs is 2. The third kappa shape index (κ3) is 3.83. The predicted molar refractivity (Wildman–Crippen MR) is 116 cm³/mol. The molecule has 2 aliphatic rings. The fourth-order valence-corrected chi connectivity index (χ4v) is 4.85. The first kappa shape index (κ1) is 21.5. The quantitative estimate of drug-likeness (QED) is 0.724. The number of rotatable bonds is 5. The smallest absolute Gasteiger partial charge is 0.254 e. The van der Waals surface area contributed by atoms with Crippen LogP contribution in [0.1, 0.15) is 68.5 Å². The van der Waals surface area contributed by atoms with Crippen molar-refractivity contribution in [2.45, 2.75) is 70.0 Å². The summed E-state index contributed by atoms with van der Waals surface area (Å²) in [5.41, 5.74) is 1.52. The molecule has 168 valence electrons. The molecule has 4 rings (SSSR count). The summed E-state index contributed by atoms with van der Waals surface area (Å²) in [5.74, 6) is 1.48. The van der Waals surface area contributed by atoms with Gasteiger partial charge in [0.1, 0.15) is 0 Å². The molecule has 2 atom stereocenters. The Bertz CT molecular complexity index is 926. The highest BCUT2D eigenvalue weighted by Crippen LogP contribution is 2.43. The van der Waals surface area contributed by atoms with E-state index in [1.165, 1.54) is 0 Å². The molecule has 0 radical (unpaired) electrons. The summed E-state index contributed by atoms with van der Waals surface area (Å²) >= 11 is 0. The topological polar surface area (TPSA) is 78.7 Å². The lowest BCUT2D eigenvalue weighted by atomic mass is 9.92. The maximum absolute atomic E-state index is 13.5. The van der Waals surface area contributed by atoms with Gasteiger partial charge in [0.05, 0.1) is 33.1 Å². The van der Waals surface area contributed by atoms with Gasteiger partial charge in [0.15, 0.2) is 11.5 Å². The van der Waals surface area contributed by atoms with Crippen LogP contribution in [0, 0.1) is 0 Å². The zero-order chi connectivity index (χ0) is 22.3. The van der Waals surface area contributed by atoms with Crippen LogP contribution in [0.5, 0.6) is 17.2 Å². The molecular formula is C23H32N4O4. The van der Waals surface area contributed by atoms with Gasteiger partial charge in [-0.15, -0.1) is 5.10 Å². The number of nitrogens with zero attached hydrogens (tertiary/aromatic N) is 4. The largest absolute Gasteiger partial charge is 0.493 e. The van der Waals surface area contributed by atoms with Gasteiger partial charge in [0.2, 0.25) is 5.75 Å². The molecule has 1 aromatic carbocycles. The van der Waals surface area contributed by atoms with E-state index in [0.29, 0.717) is 22.8 Å². The van der Waals surface area contributed by atoms with E-state index in [1.54, 1.807) is 33.5 Å². The molecule has 2 bridgehead atoms. The van der Waals surface area contributed by atoms with Crippen LogP contribution in [0.25, 0.3) is 0 Å². The van der Waals surface area contributed by atoms with Gasteiger partial charge in [0, 0.05) is 29.3 Å². The summed E-state index contributed by atoms with van der Waals surface area (Å²) in [6.07, 6.45) is 5.87. The van der Waals surface area contributed by atoms with E-state index in [1.807, 2.05) is 4.68 Å². The van der Waals surface area contributed by atoms with Gasteiger partial charge in [-0.05, 0) is 37.8 Å². The fraction of sp³-hybridized carbons (Fsp3) is 0.609. The van der Waals surface area contributed by atoms with Crippen LogP contribution in [-0.2, 0) is 5.41 Å². The highest BCUT2D eigenvalue weighted by Gasteiger charge is 2.44. The molecule has 0 N–H and O–H groups in total. The highest BCUT2D eigenvalue weighted by molar-refractivity contribution is 5.96. The van der Waals surface area contributed by atoms with E-state index in [2.05, 4.69) is 42.2 Å². The lowest BCUT2D eigenvalue weighted by Crippen LogP contribution is -2.47. The molecule has 2 unspecified atom stereocenters. The van der Waals surface area contributed by atoms with Crippen LogP contribution >= 0.6 is 0 Å². The average molecular weight is 429 g/mol. The fourth-order valence-electron chi connectivity index (χ4n) is 4.85. The van der Waals surface area contributed by atoms with E-state index >= 15 is 0 Å². The molecule has 8 nitrogen and oxygen atoms in total. The summed E-state index contributed by atoms with van der Waals surface area (Å²) in [4.78, 5) is 15.6. The number of carbonyl (C=O) groups excluding carboxylic acids is 1. The zero-order valence-electron chi connectivity index (χ0n) is 19.2. The Labute approximate surface area is 183 Å². The van der Waals surface area contributed by atoms with Crippen LogP contribution < -0.4 is 14.2 Å². The molecule has 2 fully saturated rings. The minimum Gasteiger partial charge on any atom is -0.493 e. The molecule has 1 amide bonds. The number of hydrogen-bond acceptors (Lipinski definition) is 6. The molecule has 1 aromatic heterocycles. The van der Waals surface area contributed by atoms with Crippen molar-refractivity contribution in [2.75, 3.05) is 21.3 Å².